The maximum absolute atomic E-state index is 12.5. The average molecular weight is 418 g/mol. The maximum Gasteiger partial charge on any atom is 0.269 e. The number of hydrogen-bond donors (Lipinski definition) is 1. The Labute approximate surface area is 171 Å². The molecule has 0 bridgehead atoms. The van der Waals surface area contributed by atoms with Crippen molar-refractivity contribution < 1.29 is 19.2 Å². The largest absolute Gasteiger partial charge is 0.375 e. The molecule has 2 heterocycles. The van der Waals surface area contributed by atoms with Crippen LogP contribution in [0.25, 0.3) is 11.3 Å². The topological polar surface area (TPSA) is 115 Å². The monoisotopic (exact) mass is 418 g/mol. The minimum atomic E-state index is -0.443. The molecule has 0 radical (unpaired) electrons. The van der Waals surface area contributed by atoms with Gasteiger partial charge in [-0.1, -0.05) is 0 Å². The van der Waals surface area contributed by atoms with Crippen molar-refractivity contribution in [2.24, 2.45) is 5.92 Å². The van der Waals surface area contributed by atoms with Gasteiger partial charge < -0.3 is 15.0 Å². The molecule has 29 heavy (non-hydrogen) atoms. The number of aromatic nitrogens is 1. The van der Waals surface area contributed by atoms with Gasteiger partial charge in [-0.15, -0.1) is 11.3 Å². The van der Waals surface area contributed by atoms with Gasteiger partial charge in [0.05, 0.1) is 23.1 Å². The highest BCUT2D eigenvalue weighted by molar-refractivity contribution is 7.09. The van der Waals surface area contributed by atoms with E-state index < -0.39 is 4.92 Å². The summed E-state index contributed by atoms with van der Waals surface area (Å²) in [6.45, 7) is 1.38. The Morgan fingerprint density at radius 2 is 2.14 bits per heavy atom. The van der Waals surface area contributed by atoms with Crippen LogP contribution in [0.2, 0.25) is 0 Å². The summed E-state index contributed by atoms with van der Waals surface area (Å²) < 4.78 is 4.88. The number of methoxy groups -OCH3 is 1. The number of piperidine rings is 1. The number of likely N-dealkylation sites (tertiary alicyclic amines) is 1. The highest BCUT2D eigenvalue weighted by Gasteiger charge is 2.28. The zero-order chi connectivity index (χ0) is 20.8. The van der Waals surface area contributed by atoms with E-state index in [1.54, 1.807) is 17.0 Å². The molecule has 1 aromatic carbocycles. The summed E-state index contributed by atoms with van der Waals surface area (Å²) in [5.41, 5.74) is 1.52. The molecule has 0 aliphatic carbocycles. The average Bonchev–Trinajstić information content (AvgIpc) is 3.21. The van der Waals surface area contributed by atoms with Gasteiger partial charge in [-0.05, 0) is 25.0 Å². The molecule has 2 aromatic rings. The normalized spacial score (nSPS) is 16.4. The Morgan fingerprint density at radius 3 is 2.83 bits per heavy atom. The van der Waals surface area contributed by atoms with E-state index in [9.17, 15) is 19.7 Å². The maximum atomic E-state index is 12.5. The Hall–Kier alpha value is -2.85. The number of benzene rings is 1. The second-order valence-electron chi connectivity index (χ2n) is 6.76. The van der Waals surface area contributed by atoms with Crippen LogP contribution in [0, 0.1) is 16.0 Å². The Balaban J connectivity index is 1.54. The molecule has 154 valence electrons. The van der Waals surface area contributed by atoms with Crippen LogP contribution in [-0.2, 0) is 20.9 Å². The molecular formula is C19H22N4O5S. The summed E-state index contributed by atoms with van der Waals surface area (Å²) in [5.74, 6) is -0.427. The Bertz CT molecular complexity index is 883. The number of amides is 2. The van der Waals surface area contributed by atoms with E-state index in [0.29, 0.717) is 25.3 Å². The second-order valence-corrected chi connectivity index (χ2v) is 7.70. The van der Waals surface area contributed by atoms with Crippen molar-refractivity contribution in [2.45, 2.75) is 19.4 Å². The van der Waals surface area contributed by atoms with E-state index in [2.05, 4.69) is 10.3 Å². The fourth-order valence-corrected chi connectivity index (χ4v) is 3.96. The van der Waals surface area contributed by atoms with Crippen molar-refractivity contribution >= 4 is 28.8 Å². The van der Waals surface area contributed by atoms with Crippen molar-refractivity contribution in [1.82, 2.24) is 15.2 Å². The van der Waals surface area contributed by atoms with E-state index in [1.807, 2.05) is 5.38 Å². The number of hydrogen-bond acceptors (Lipinski definition) is 7. The highest BCUT2D eigenvalue weighted by Crippen LogP contribution is 2.24. The van der Waals surface area contributed by atoms with Gasteiger partial charge in [0.1, 0.15) is 11.6 Å². The summed E-state index contributed by atoms with van der Waals surface area (Å²) in [7, 11) is 1.48. The summed E-state index contributed by atoms with van der Waals surface area (Å²) in [6, 6.07) is 6.19. The number of rotatable bonds is 7. The van der Waals surface area contributed by atoms with E-state index >= 15 is 0 Å². The summed E-state index contributed by atoms with van der Waals surface area (Å²) >= 11 is 1.41. The predicted molar refractivity (Wildman–Crippen MR) is 107 cm³/mol. The fraction of sp³-hybridized carbons (Fsp3) is 0.421. The lowest BCUT2D eigenvalue weighted by molar-refractivity contribution is -0.384. The predicted octanol–water partition coefficient (Wildman–Crippen LogP) is 2.22. The molecule has 1 atom stereocenters. The van der Waals surface area contributed by atoms with E-state index in [0.717, 1.165) is 23.4 Å². The molecule has 1 aliphatic heterocycles. The van der Waals surface area contributed by atoms with Crippen molar-refractivity contribution in [1.29, 1.82) is 0 Å². The van der Waals surface area contributed by atoms with Gasteiger partial charge in [-0.3, -0.25) is 19.7 Å². The Kier molecular flexibility index (Phi) is 6.89. The third-order valence-corrected chi connectivity index (χ3v) is 5.60. The highest BCUT2D eigenvalue weighted by atomic mass is 32.1. The lowest BCUT2D eigenvalue weighted by atomic mass is 9.97. The second kappa shape index (κ2) is 9.57. The van der Waals surface area contributed by atoms with Crippen LogP contribution in [0.15, 0.2) is 29.6 Å². The minimum absolute atomic E-state index is 0.0267. The first-order chi connectivity index (χ1) is 14.0. The number of nitro groups is 1. The fourth-order valence-electron chi connectivity index (χ4n) is 3.22. The Morgan fingerprint density at radius 1 is 1.38 bits per heavy atom. The molecule has 1 fully saturated rings. The summed E-state index contributed by atoms with van der Waals surface area (Å²) in [4.78, 5) is 40.9. The minimum Gasteiger partial charge on any atom is -0.375 e. The van der Waals surface area contributed by atoms with E-state index in [4.69, 9.17) is 4.74 Å². The molecule has 1 N–H and O–H groups in total. The van der Waals surface area contributed by atoms with Gasteiger partial charge in [-0.25, -0.2) is 4.98 Å². The van der Waals surface area contributed by atoms with Gasteiger partial charge in [0.2, 0.25) is 11.8 Å². The third kappa shape index (κ3) is 5.36. The van der Waals surface area contributed by atoms with Crippen LogP contribution in [0.1, 0.15) is 17.8 Å². The number of nitro benzene ring substituents is 1. The number of non-ortho nitro benzene ring substituents is 1. The first-order valence-electron chi connectivity index (χ1n) is 9.21. The standard InChI is InChI=1S/C19H22N4O5S/c1-28-11-18(24)22-8-2-3-14(10-22)19(25)20-9-17-21-16(12-29-17)13-4-6-15(7-5-13)23(26)27/h4-7,12,14H,2-3,8-11H2,1H3,(H,20,25). The third-order valence-electron chi connectivity index (χ3n) is 4.75. The molecule has 1 aliphatic rings. The molecule has 1 aromatic heterocycles. The first kappa shape index (κ1) is 20.9. The quantitative estimate of drug-likeness (QED) is 0.545. The van der Waals surface area contributed by atoms with Gasteiger partial charge in [0, 0.05) is 43.3 Å². The van der Waals surface area contributed by atoms with Crippen molar-refractivity contribution in [2.75, 3.05) is 26.8 Å². The number of thiazole rings is 1. The van der Waals surface area contributed by atoms with E-state index in [-0.39, 0.29) is 30.0 Å². The molecule has 1 saturated heterocycles. The number of nitrogens with zero attached hydrogens (tertiary/aromatic N) is 3. The molecule has 1 unspecified atom stereocenters. The van der Waals surface area contributed by atoms with Gasteiger partial charge >= 0.3 is 0 Å². The van der Waals surface area contributed by atoms with E-state index in [1.165, 1.54) is 30.6 Å². The van der Waals surface area contributed by atoms with Crippen LogP contribution in [0.4, 0.5) is 5.69 Å². The molecule has 9 nitrogen and oxygen atoms in total. The smallest absolute Gasteiger partial charge is 0.269 e. The lowest BCUT2D eigenvalue weighted by Crippen LogP contribution is -2.46. The van der Waals surface area contributed by atoms with Crippen LogP contribution in [0.3, 0.4) is 0 Å². The lowest BCUT2D eigenvalue weighted by Gasteiger charge is -2.31. The molecule has 10 heteroatoms. The van der Waals surface area contributed by atoms with Crippen LogP contribution >= 0.6 is 11.3 Å². The summed E-state index contributed by atoms with van der Waals surface area (Å²) in [5, 5.41) is 16.2. The SMILES string of the molecule is COCC(=O)N1CCCC(C(=O)NCc2nc(-c3ccc([N+](=O)[O-])cc3)cs2)C1. The van der Waals surface area contributed by atoms with Crippen LogP contribution in [0.5, 0.6) is 0 Å². The number of carbonyl (C=O) groups is 2. The number of carbonyl (C=O) groups excluding carboxylic acids is 2. The zero-order valence-electron chi connectivity index (χ0n) is 16.0. The molecule has 0 saturated carbocycles. The number of ether oxygens (including phenoxy) is 1. The molecule has 0 spiro atoms. The van der Waals surface area contributed by atoms with Gasteiger partial charge in [0.25, 0.3) is 5.69 Å². The van der Waals surface area contributed by atoms with Crippen molar-refractivity contribution in [3.8, 4) is 11.3 Å². The van der Waals surface area contributed by atoms with Crippen molar-refractivity contribution in [3.63, 3.8) is 0 Å². The molecule has 3 rings (SSSR count). The van der Waals surface area contributed by atoms with Gasteiger partial charge in [-0.2, -0.15) is 0 Å². The van der Waals surface area contributed by atoms with Crippen LogP contribution in [-0.4, -0.2) is 53.4 Å². The van der Waals surface area contributed by atoms with Crippen molar-refractivity contribution in [3.05, 3.63) is 44.8 Å². The number of nitrogens with one attached hydrogen (secondary N) is 1. The first-order valence-corrected chi connectivity index (χ1v) is 10.1. The molecule has 2 amide bonds. The summed E-state index contributed by atoms with van der Waals surface area (Å²) in [6.07, 6.45) is 1.53. The van der Waals surface area contributed by atoms with Gasteiger partial charge in [0.15, 0.2) is 0 Å². The zero-order valence-corrected chi connectivity index (χ0v) is 16.8. The molecular weight excluding hydrogens is 396 g/mol. The van der Waals surface area contributed by atoms with Crippen LogP contribution < -0.4 is 5.32 Å².